The van der Waals surface area contributed by atoms with Crippen LogP contribution in [-0.4, -0.2) is 38.5 Å². The third-order valence-electron chi connectivity index (χ3n) is 3.90. The fourth-order valence-corrected chi connectivity index (χ4v) is 2.63. The van der Waals surface area contributed by atoms with E-state index in [0.717, 1.165) is 42.6 Å². The minimum atomic E-state index is -0.529. The molecule has 0 aliphatic carbocycles. The molecule has 2 rings (SSSR count). The topological polar surface area (TPSA) is 41.3 Å². The van der Waals surface area contributed by atoms with Gasteiger partial charge in [0.05, 0.1) is 22.0 Å². The third kappa shape index (κ3) is 2.29. The van der Waals surface area contributed by atoms with Crippen molar-refractivity contribution >= 4 is 11.6 Å². The van der Waals surface area contributed by atoms with Crippen LogP contribution in [0, 0.1) is 12.8 Å². The summed E-state index contributed by atoms with van der Waals surface area (Å²) in [6.07, 6.45) is 0. The Hall–Kier alpha value is -0.580. The van der Waals surface area contributed by atoms with E-state index in [4.69, 9.17) is 11.6 Å². The normalized spacial score (nSPS) is 19.3. The van der Waals surface area contributed by atoms with Crippen LogP contribution in [0.3, 0.4) is 0 Å². The highest BCUT2D eigenvalue weighted by atomic mass is 35.5. The standard InChI is InChI=1S/C13H22ClN3O/c1-5-17-11(12(14)10(4)15-17)6-16-7-13(18,8-16)9(2)3/h9,18H,5-8H2,1-4H3. The van der Waals surface area contributed by atoms with Crippen LogP contribution in [0.5, 0.6) is 0 Å². The molecule has 1 fully saturated rings. The first-order valence-corrected chi connectivity index (χ1v) is 6.91. The van der Waals surface area contributed by atoms with E-state index in [0.29, 0.717) is 5.92 Å². The van der Waals surface area contributed by atoms with Crippen LogP contribution in [0.25, 0.3) is 0 Å². The van der Waals surface area contributed by atoms with Crippen molar-refractivity contribution in [3.63, 3.8) is 0 Å². The van der Waals surface area contributed by atoms with Crippen molar-refractivity contribution in [3.8, 4) is 0 Å². The SMILES string of the molecule is CCn1nc(C)c(Cl)c1CN1CC(O)(C(C)C)C1. The molecule has 1 aromatic rings. The molecular formula is C13H22ClN3O. The van der Waals surface area contributed by atoms with Gasteiger partial charge in [0.25, 0.3) is 0 Å². The van der Waals surface area contributed by atoms with E-state index >= 15 is 0 Å². The maximum atomic E-state index is 10.2. The predicted octanol–water partition coefficient (Wildman–Crippen LogP) is 2.07. The van der Waals surface area contributed by atoms with E-state index in [2.05, 4.69) is 30.8 Å². The van der Waals surface area contributed by atoms with Crippen molar-refractivity contribution in [3.05, 3.63) is 16.4 Å². The van der Waals surface area contributed by atoms with Crippen LogP contribution in [0.2, 0.25) is 5.02 Å². The molecule has 0 unspecified atom stereocenters. The van der Waals surface area contributed by atoms with Crippen LogP contribution in [0.4, 0.5) is 0 Å². The van der Waals surface area contributed by atoms with Crippen LogP contribution < -0.4 is 0 Å². The van der Waals surface area contributed by atoms with Gasteiger partial charge >= 0.3 is 0 Å². The summed E-state index contributed by atoms with van der Waals surface area (Å²) in [5.41, 5.74) is 1.41. The molecular weight excluding hydrogens is 250 g/mol. The average Bonchev–Trinajstić information content (AvgIpc) is 2.54. The summed E-state index contributed by atoms with van der Waals surface area (Å²) in [7, 11) is 0. The first-order valence-electron chi connectivity index (χ1n) is 6.54. The van der Waals surface area contributed by atoms with Crippen LogP contribution in [0.15, 0.2) is 0 Å². The second kappa shape index (κ2) is 4.83. The van der Waals surface area contributed by atoms with Gasteiger partial charge in [-0.15, -0.1) is 0 Å². The lowest BCUT2D eigenvalue weighted by atomic mass is 9.83. The maximum absolute atomic E-state index is 10.2. The molecule has 0 atom stereocenters. The Labute approximate surface area is 114 Å². The van der Waals surface area contributed by atoms with E-state index in [1.165, 1.54) is 0 Å². The number of rotatable bonds is 4. The minimum absolute atomic E-state index is 0.294. The molecule has 1 saturated heterocycles. The van der Waals surface area contributed by atoms with Crippen molar-refractivity contribution < 1.29 is 5.11 Å². The van der Waals surface area contributed by atoms with Gasteiger partial charge in [-0.3, -0.25) is 9.58 Å². The van der Waals surface area contributed by atoms with E-state index < -0.39 is 5.60 Å². The van der Waals surface area contributed by atoms with Gasteiger partial charge in [-0.2, -0.15) is 5.10 Å². The second-order valence-corrected chi connectivity index (χ2v) is 5.94. The third-order valence-corrected chi connectivity index (χ3v) is 4.39. The van der Waals surface area contributed by atoms with Crippen molar-refractivity contribution in [2.75, 3.05) is 13.1 Å². The summed E-state index contributed by atoms with van der Waals surface area (Å²) < 4.78 is 1.95. The fourth-order valence-electron chi connectivity index (χ4n) is 2.44. The Kier molecular flexibility index (Phi) is 3.72. The molecule has 0 amide bonds. The van der Waals surface area contributed by atoms with Crippen LogP contribution in [-0.2, 0) is 13.1 Å². The van der Waals surface area contributed by atoms with E-state index in [1.54, 1.807) is 0 Å². The maximum Gasteiger partial charge on any atom is 0.0923 e. The molecule has 1 aliphatic rings. The zero-order chi connectivity index (χ0) is 13.5. The Morgan fingerprint density at radius 2 is 2.06 bits per heavy atom. The fraction of sp³-hybridized carbons (Fsp3) is 0.769. The zero-order valence-electron chi connectivity index (χ0n) is 11.6. The minimum Gasteiger partial charge on any atom is -0.387 e. The summed E-state index contributed by atoms with van der Waals surface area (Å²) in [5, 5.41) is 15.4. The smallest absolute Gasteiger partial charge is 0.0923 e. The number of aromatic nitrogens is 2. The van der Waals surface area contributed by atoms with Gasteiger partial charge in [0.1, 0.15) is 0 Å². The zero-order valence-corrected chi connectivity index (χ0v) is 12.3. The number of hydrogen-bond acceptors (Lipinski definition) is 3. The van der Waals surface area contributed by atoms with E-state index in [1.807, 2.05) is 11.6 Å². The highest BCUT2D eigenvalue weighted by molar-refractivity contribution is 6.31. The van der Waals surface area contributed by atoms with E-state index in [9.17, 15) is 5.11 Å². The highest BCUT2D eigenvalue weighted by Gasteiger charge is 2.43. The van der Waals surface area contributed by atoms with Crippen LogP contribution in [0.1, 0.15) is 32.2 Å². The van der Waals surface area contributed by atoms with Crippen molar-refractivity contribution in [2.24, 2.45) is 5.92 Å². The highest BCUT2D eigenvalue weighted by Crippen LogP contribution is 2.31. The number of likely N-dealkylation sites (tertiary alicyclic amines) is 1. The Morgan fingerprint density at radius 1 is 1.44 bits per heavy atom. The molecule has 1 aliphatic heterocycles. The lowest BCUT2D eigenvalue weighted by molar-refractivity contribution is -0.131. The van der Waals surface area contributed by atoms with Gasteiger partial charge in [0.2, 0.25) is 0 Å². The molecule has 1 aromatic heterocycles. The molecule has 0 spiro atoms. The van der Waals surface area contributed by atoms with E-state index in [-0.39, 0.29) is 0 Å². The summed E-state index contributed by atoms with van der Waals surface area (Å²) in [5.74, 6) is 0.294. The number of nitrogens with zero attached hydrogens (tertiary/aromatic N) is 3. The van der Waals surface area contributed by atoms with Crippen LogP contribution >= 0.6 is 11.6 Å². The molecule has 18 heavy (non-hydrogen) atoms. The van der Waals surface area contributed by atoms with Gasteiger partial charge in [-0.05, 0) is 19.8 Å². The molecule has 0 radical (unpaired) electrons. The van der Waals surface area contributed by atoms with Gasteiger partial charge in [0.15, 0.2) is 0 Å². The quantitative estimate of drug-likeness (QED) is 0.912. The molecule has 1 N–H and O–H groups in total. The summed E-state index contributed by atoms with van der Waals surface area (Å²) in [6.45, 7) is 11.1. The average molecular weight is 272 g/mol. The lowest BCUT2D eigenvalue weighted by Crippen LogP contribution is -2.64. The van der Waals surface area contributed by atoms with Crippen molar-refractivity contribution in [1.29, 1.82) is 0 Å². The molecule has 0 saturated carbocycles. The summed E-state index contributed by atoms with van der Waals surface area (Å²) >= 11 is 6.28. The number of aryl methyl sites for hydroxylation is 2. The Balaban J connectivity index is 2.04. The molecule has 4 nitrogen and oxygen atoms in total. The summed E-state index contributed by atoms with van der Waals surface area (Å²) in [6, 6.07) is 0. The van der Waals surface area contributed by atoms with Gasteiger partial charge in [0, 0.05) is 26.2 Å². The van der Waals surface area contributed by atoms with Gasteiger partial charge in [-0.25, -0.2) is 0 Å². The molecule has 102 valence electrons. The number of halogens is 1. The van der Waals surface area contributed by atoms with Crippen molar-refractivity contribution in [1.82, 2.24) is 14.7 Å². The van der Waals surface area contributed by atoms with Crippen molar-refractivity contribution in [2.45, 2.75) is 46.4 Å². The second-order valence-electron chi connectivity index (χ2n) is 5.57. The number of hydrogen-bond donors (Lipinski definition) is 1. The molecule has 0 aromatic carbocycles. The summed E-state index contributed by atoms with van der Waals surface area (Å²) in [4.78, 5) is 2.22. The van der Waals surface area contributed by atoms with Gasteiger partial charge < -0.3 is 5.11 Å². The molecule has 0 bridgehead atoms. The number of aliphatic hydroxyl groups is 1. The first-order chi connectivity index (χ1) is 8.37. The monoisotopic (exact) mass is 271 g/mol. The number of β-amino-alcohol motifs (C(OH)–C–C–N with tert-alkyl or cyclic N) is 1. The molecule has 2 heterocycles. The first kappa shape index (κ1) is 13.8. The predicted molar refractivity (Wildman–Crippen MR) is 72.7 cm³/mol. The Bertz CT molecular complexity index is 436. The lowest BCUT2D eigenvalue weighted by Gasteiger charge is -2.49. The largest absolute Gasteiger partial charge is 0.387 e. The Morgan fingerprint density at radius 3 is 2.56 bits per heavy atom. The van der Waals surface area contributed by atoms with Gasteiger partial charge in [-0.1, -0.05) is 25.4 Å². The molecule has 5 heteroatoms.